The van der Waals surface area contributed by atoms with Crippen molar-refractivity contribution in [3.05, 3.63) is 28.0 Å². The van der Waals surface area contributed by atoms with Gasteiger partial charge in [-0.1, -0.05) is 20.8 Å². The third-order valence-corrected chi connectivity index (χ3v) is 2.63. The zero-order valence-electron chi connectivity index (χ0n) is 7.98. The third-order valence-electron chi connectivity index (χ3n) is 1.79. The number of pyridine rings is 1. The van der Waals surface area contributed by atoms with E-state index in [-0.39, 0.29) is 5.41 Å². The van der Waals surface area contributed by atoms with Crippen molar-refractivity contribution in [2.75, 3.05) is 0 Å². The Morgan fingerprint density at radius 3 is 2.25 bits per heavy atom. The fraction of sp³-hybridized carbons (Fsp3) is 0.500. The lowest BCUT2D eigenvalue weighted by Crippen LogP contribution is -2.13. The fourth-order valence-corrected chi connectivity index (χ4v) is 1.18. The normalized spacial score (nSPS) is 11.8. The Hall–Kier alpha value is -0.370. The van der Waals surface area contributed by atoms with Crippen LogP contribution in [0, 0.1) is 6.92 Å². The summed E-state index contributed by atoms with van der Waals surface area (Å²) in [7, 11) is 0. The number of nitrogens with zero attached hydrogens (tertiary/aromatic N) is 1. The highest BCUT2D eigenvalue weighted by Crippen LogP contribution is 2.23. The number of aromatic nitrogens is 1. The molecule has 0 unspecified atom stereocenters. The molecule has 0 amide bonds. The third kappa shape index (κ3) is 2.07. The molecule has 0 aliphatic rings. The van der Waals surface area contributed by atoms with Crippen LogP contribution in [0.5, 0.6) is 0 Å². The lowest BCUT2D eigenvalue weighted by atomic mass is 9.91. The van der Waals surface area contributed by atoms with Gasteiger partial charge in [0.05, 0.1) is 5.69 Å². The van der Waals surface area contributed by atoms with E-state index in [9.17, 15) is 0 Å². The Balaban J connectivity index is 3.14. The van der Waals surface area contributed by atoms with Crippen LogP contribution in [0.2, 0.25) is 0 Å². The molecule has 1 nitrogen and oxygen atoms in total. The minimum absolute atomic E-state index is 0.144. The molecule has 0 aliphatic carbocycles. The molecule has 0 aromatic carbocycles. The van der Waals surface area contributed by atoms with Gasteiger partial charge in [-0.2, -0.15) is 0 Å². The van der Waals surface area contributed by atoms with Gasteiger partial charge in [0.1, 0.15) is 0 Å². The van der Waals surface area contributed by atoms with Crippen molar-refractivity contribution in [3.63, 3.8) is 0 Å². The Kier molecular flexibility index (Phi) is 2.57. The summed E-state index contributed by atoms with van der Waals surface area (Å²) < 4.78 is 1.08. The van der Waals surface area contributed by atoms with Gasteiger partial charge >= 0.3 is 0 Å². The Morgan fingerprint density at radius 1 is 1.25 bits per heavy atom. The quantitative estimate of drug-likeness (QED) is 0.662. The standard InChI is InChI=1S/C10H14BrN/c1-7-8(11)5-6-9(12-7)10(2,3)4/h5-6H,1-4H3. The van der Waals surface area contributed by atoms with Gasteiger partial charge in [-0.15, -0.1) is 0 Å². The summed E-state index contributed by atoms with van der Waals surface area (Å²) in [6, 6.07) is 4.12. The Bertz CT molecular complexity index is 286. The van der Waals surface area contributed by atoms with Crippen LogP contribution in [-0.4, -0.2) is 4.98 Å². The number of halogens is 1. The van der Waals surface area contributed by atoms with E-state index in [0.717, 1.165) is 15.9 Å². The molecule has 0 saturated heterocycles. The highest BCUT2D eigenvalue weighted by molar-refractivity contribution is 9.10. The number of aryl methyl sites for hydroxylation is 1. The summed E-state index contributed by atoms with van der Waals surface area (Å²) in [5.41, 5.74) is 2.34. The second kappa shape index (κ2) is 3.17. The summed E-state index contributed by atoms with van der Waals surface area (Å²) in [5.74, 6) is 0. The van der Waals surface area contributed by atoms with E-state index in [0.29, 0.717) is 0 Å². The molecule has 0 atom stereocenters. The van der Waals surface area contributed by atoms with Crippen LogP contribution in [0.3, 0.4) is 0 Å². The van der Waals surface area contributed by atoms with E-state index in [4.69, 9.17) is 0 Å². The topological polar surface area (TPSA) is 12.9 Å². The first-order valence-electron chi connectivity index (χ1n) is 4.05. The van der Waals surface area contributed by atoms with Crippen molar-refractivity contribution in [2.24, 2.45) is 0 Å². The average Bonchev–Trinajstić information content (AvgIpc) is 1.92. The van der Waals surface area contributed by atoms with Gasteiger partial charge < -0.3 is 0 Å². The van der Waals surface area contributed by atoms with Crippen molar-refractivity contribution >= 4 is 15.9 Å². The molecule has 1 heterocycles. The molecular formula is C10H14BrN. The molecule has 0 saturated carbocycles. The summed E-state index contributed by atoms with van der Waals surface area (Å²) in [6.45, 7) is 8.52. The van der Waals surface area contributed by atoms with E-state index >= 15 is 0 Å². The zero-order chi connectivity index (χ0) is 9.35. The van der Waals surface area contributed by atoms with Crippen molar-refractivity contribution < 1.29 is 0 Å². The first-order chi connectivity index (χ1) is 5.41. The van der Waals surface area contributed by atoms with Gasteiger partial charge in [0.15, 0.2) is 0 Å². The van der Waals surface area contributed by atoms with E-state index in [1.165, 1.54) is 0 Å². The van der Waals surface area contributed by atoms with Crippen LogP contribution in [0.25, 0.3) is 0 Å². The minimum Gasteiger partial charge on any atom is -0.256 e. The Morgan fingerprint density at radius 2 is 1.83 bits per heavy atom. The lowest BCUT2D eigenvalue weighted by molar-refractivity contribution is 0.566. The maximum absolute atomic E-state index is 4.50. The molecule has 2 heteroatoms. The molecule has 0 N–H and O–H groups in total. The van der Waals surface area contributed by atoms with E-state index in [2.05, 4.69) is 53.8 Å². The zero-order valence-corrected chi connectivity index (χ0v) is 9.57. The molecule has 1 aromatic heterocycles. The van der Waals surface area contributed by atoms with Crippen LogP contribution in [0.15, 0.2) is 16.6 Å². The summed E-state index contributed by atoms with van der Waals surface area (Å²) in [6.07, 6.45) is 0. The Labute approximate surface area is 82.3 Å². The van der Waals surface area contributed by atoms with Gasteiger partial charge in [-0.3, -0.25) is 4.98 Å². The van der Waals surface area contributed by atoms with Crippen LogP contribution in [-0.2, 0) is 5.41 Å². The summed E-state index contributed by atoms with van der Waals surface area (Å²) in [5, 5.41) is 0. The van der Waals surface area contributed by atoms with Gasteiger partial charge in [-0.05, 0) is 35.0 Å². The highest BCUT2D eigenvalue weighted by atomic mass is 79.9. The molecule has 1 aromatic rings. The molecule has 0 spiro atoms. The second-order valence-electron chi connectivity index (χ2n) is 4.01. The van der Waals surface area contributed by atoms with Crippen molar-refractivity contribution in [3.8, 4) is 0 Å². The fourth-order valence-electron chi connectivity index (χ4n) is 0.962. The molecule has 0 radical (unpaired) electrons. The SMILES string of the molecule is Cc1nc(C(C)(C)C)ccc1Br. The number of hydrogen-bond donors (Lipinski definition) is 0. The summed E-state index contributed by atoms with van der Waals surface area (Å²) >= 11 is 3.43. The molecular weight excluding hydrogens is 214 g/mol. The van der Waals surface area contributed by atoms with Crippen LogP contribution < -0.4 is 0 Å². The van der Waals surface area contributed by atoms with Crippen LogP contribution in [0.1, 0.15) is 32.2 Å². The van der Waals surface area contributed by atoms with E-state index < -0.39 is 0 Å². The molecule has 0 bridgehead atoms. The number of rotatable bonds is 0. The maximum Gasteiger partial charge on any atom is 0.0518 e. The van der Waals surface area contributed by atoms with E-state index in [1.807, 2.05) is 6.92 Å². The van der Waals surface area contributed by atoms with Crippen molar-refractivity contribution in [1.29, 1.82) is 0 Å². The van der Waals surface area contributed by atoms with Gasteiger partial charge in [0.2, 0.25) is 0 Å². The van der Waals surface area contributed by atoms with Crippen molar-refractivity contribution in [1.82, 2.24) is 4.98 Å². The molecule has 66 valence electrons. The van der Waals surface area contributed by atoms with Crippen molar-refractivity contribution in [2.45, 2.75) is 33.1 Å². The first-order valence-corrected chi connectivity index (χ1v) is 4.84. The maximum atomic E-state index is 4.50. The first kappa shape index (κ1) is 9.72. The number of hydrogen-bond acceptors (Lipinski definition) is 1. The molecule has 0 aliphatic heterocycles. The van der Waals surface area contributed by atoms with Gasteiger partial charge in [0, 0.05) is 15.6 Å². The summed E-state index contributed by atoms with van der Waals surface area (Å²) in [4.78, 5) is 4.50. The largest absolute Gasteiger partial charge is 0.256 e. The van der Waals surface area contributed by atoms with Crippen LogP contribution in [0.4, 0.5) is 0 Å². The molecule has 1 rings (SSSR count). The molecule has 0 fully saturated rings. The van der Waals surface area contributed by atoms with Gasteiger partial charge in [-0.25, -0.2) is 0 Å². The minimum atomic E-state index is 0.144. The van der Waals surface area contributed by atoms with E-state index in [1.54, 1.807) is 0 Å². The second-order valence-corrected chi connectivity index (χ2v) is 4.87. The smallest absolute Gasteiger partial charge is 0.0518 e. The average molecular weight is 228 g/mol. The monoisotopic (exact) mass is 227 g/mol. The van der Waals surface area contributed by atoms with Crippen LogP contribution >= 0.6 is 15.9 Å². The predicted octanol–water partition coefficient (Wildman–Crippen LogP) is 3.45. The molecule has 12 heavy (non-hydrogen) atoms. The van der Waals surface area contributed by atoms with Gasteiger partial charge in [0.25, 0.3) is 0 Å². The predicted molar refractivity (Wildman–Crippen MR) is 55.4 cm³/mol. The lowest BCUT2D eigenvalue weighted by Gasteiger charge is -2.18. The highest BCUT2D eigenvalue weighted by Gasteiger charge is 2.15.